The Morgan fingerprint density at radius 1 is 1.00 bits per heavy atom. The van der Waals surface area contributed by atoms with E-state index in [1.807, 2.05) is 60.4 Å². The van der Waals surface area contributed by atoms with Crippen LogP contribution in [0.5, 0.6) is 17.2 Å². The molecule has 0 unspecified atom stereocenters. The van der Waals surface area contributed by atoms with Gasteiger partial charge in [-0.2, -0.15) is 0 Å². The van der Waals surface area contributed by atoms with Gasteiger partial charge in [-0.15, -0.1) is 11.3 Å². The number of nitrogens with zero attached hydrogens (tertiary/aromatic N) is 3. The standard InChI is InChI=1S/C25H29N3O4S/c1-18-23(33-24(26-18)19-9-10-21(30-2)22(17-19)31-3)25(29)28-13-11-27(12-14-28)15-16-32-20-7-5-4-6-8-20/h4-10,17H,11-16H2,1-3H3. The van der Waals surface area contributed by atoms with E-state index in [4.69, 9.17) is 14.2 Å². The van der Waals surface area contributed by atoms with Crippen molar-refractivity contribution in [3.05, 3.63) is 59.1 Å². The Hall–Kier alpha value is -3.10. The van der Waals surface area contributed by atoms with Gasteiger partial charge in [0.15, 0.2) is 11.5 Å². The van der Waals surface area contributed by atoms with Crippen LogP contribution in [0.25, 0.3) is 10.6 Å². The van der Waals surface area contributed by atoms with Crippen LogP contribution in [-0.4, -0.2) is 74.2 Å². The molecular weight excluding hydrogens is 438 g/mol. The summed E-state index contributed by atoms with van der Waals surface area (Å²) in [6, 6.07) is 15.5. The number of piperazine rings is 1. The highest BCUT2D eigenvalue weighted by Gasteiger charge is 2.26. The molecule has 0 spiro atoms. The summed E-state index contributed by atoms with van der Waals surface area (Å²) < 4.78 is 16.5. The quantitative estimate of drug-likeness (QED) is 0.500. The lowest BCUT2D eigenvalue weighted by atomic mass is 10.2. The predicted molar refractivity (Wildman–Crippen MR) is 130 cm³/mol. The molecule has 0 aliphatic carbocycles. The average Bonchev–Trinajstić information content (AvgIpc) is 3.25. The Bertz CT molecular complexity index is 1080. The van der Waals surface area contributed by atoms with Crippen molar-refractivity contribution >= 4 is 17.2 Å². The van der Waals surface area contributed by atoms with Crippen molar-refractivity contribution in [1.29, 1.82) is 0 Å². The number of para-hydroxylation sites is 1. The molecule has 0 N–H and O–H groups in total. The molecule has 0 saturated carbocycles. The van der Waals surface area contributed by atoms with E-state index in [-0.39, 0.29) is 5.91 Å². The number of carbonyl (C=O) groups excluding carboxylic acids is 1. The van der Waals surface area contributed by atoms with Crippen LogP contribution >= 0.6 is 11.3 Å². The number of amides is 1. The fourth-order valence-corrected chi connectivity index (χ4v) is 4.85. The van der Waals surface area contributed by atoms with E-state index in [1.165, 1.54) is 11.3 Å². The molecule has 2 aromatic carbocycles. The van der Waals surface area contributed by atoms with Gasteiger partial charge in [-0.05, 0) is 37.3 Å². The number of hydrogen-bond acceptors (Lipinski definition) is 7. The first-order valence-electron chi connectivity index (χ1n) is 11.0. The molecule has 8 heteroatoms. The van der Waals surface area contributed by atoms with E-state index >= 15 is 0 Å². The van der Waals surface area contributed by atoms with Gasteiger partial charge in [-0.3, -0.25) is 9.69 Å². The number of benzene rings is 2. The van der Waals surface area contributed by atoms with Crippen LogP contribution < -0.4 is 14.2 Å². The van der Waals surface area contributed by atoms with Crippen molar-refractivity contribution in [1.82, 2.24) is 14.8 Å². The highest BCUT2D eigenvalue weighted by Crippen LogP contribution is 2.35. The van der Waals surface area contributed by atoms with Crippen LogP contribution in [0.2, 0.25) is 0 Å². The average molecular weight is 468 g/mol. The van der Waals surface area contributed by atoms with Crippen molar-refractivity contribution in [2.24, 2.45) is 0 Å². The molecule has 4 rings (SSSR count). The van der Waals surface area contributed by atoms with Gasteiger partial charge in [0.05, 0.1) is 19.9 Å². The van der Waals surface area contributed by atoms with Gasteiger partial charge in [0.1, 0.15) is 22.2 Å². The first-order valence-corrected chi connectivity index (χ1v) is 11.8. The van der Waals surface area contributed by atoms with Gasteiger partial charge in [0.2, 0.25) is 0 Å². The zero-order valence-corrected chi connectivity index (χ0v) is 20.1. The molecule has 1 amide bonds. The molecule has 7 nitrogen and oxygen atoms in total. The smallest absolute Gasteiger partial charge is 0.265 e. The monoisotopic (exact) mass is 467 g/mol. The third kappa shape index (κ3) is 5.46. The molecule has 3 aromatic rings. The summed E-state index contributed by atoms with van der Waals surface area (Å²) in [5.41, 5.74) is 1.66. The summed E-state index contributed by atoms with van der Waals surface area (Å²) >= 11 is 1.43. The number of rotatable bonds is 8. The third-order valence-corrected chi connectivity index (χ3v) is 6.89. The van der Waals surface area contributed by atoms with Crippen molar-refractivity contribution < 1.29 is 19.0 Å². The minimum atomic E-state index is 0.0527. The maximum absolute atomic E-state index is 13.2. The summed E-state index contributed by atoms with van der Waals surface area (Å²) in [5, 5.41) is 0.800. The van der Waals surface area contributed by atoms with E-state index in [9.17, 15) is 4.79 Å². The third-order valence-electron chi connectivity index (χ3n) is 5.70. The van der Waals surface area contributed by atoms with Crippen molar-refractivity contribution in [2.75, 3.05) is 53.6 Å². The summed E-state index contributed by atoms with van der Waals surface area (Å²) in [4.78, 5) is 22.8. The molecule has 1 aliphatic rings. The van der Waals surface area contributed by atoms with Gasteiger partial charge in [-0.1, -0.05) is 18.2 Å². The Labute approximate surface area is 198 Å². The van der Waals surface area contributed by atoms with E-state index < -0.39 is 0 Å². The summed E-state index contributed by atoms with van der Waals surface area (Å²) in [6.07, 6.45) is 0. The molecule has 0 bridgehead atoms. The van der Waals surface area contributed by atoms with Gasteiger partial charge < -0.3 is 19.1 Å². The number of thiazole rings is 1. The molecule has 1 fully saturated rings. The lowest BCUT2D eigenvalue weighted by molar-refractivity contribution is 0.0624. The Balaban J connectivity index is 1.34. The van der Waals surface area contributed by atoms with Crippen LogP contribution in [0.3, 0.4) is 0 Å². The summed E-state index contributed by atoms with van der Waals surface area (Å²) in [6.45, 7) is 6.46. The molecule has 33 heavy (non-hydrogen) atoms. The molecule has 0 atom stereocenters. The molecule has 1 aliphatic heterocycles. The van der Waals surface area contributed by atoms with Gasteiger partial charge in [0, 0.05) is 38.3 Å². The number of hydrogen-bond donors (Lipinski definition) is 0. The normalized spacial score (nSPS) is 14.2. The van der Waals surface area contributed by atoms with Gasteiger partial charge in [0.25, 0.3) is 5.91 Å². The topological polar surface area (TPSA) is 64.1 Å². The van der Waals surface area contributed by atoms with Crippen LogP contribution in [0.1, 0.15) is 15.4 Å². The van der Waals surface area contributed by atoms with E-state index in [2.05, 4.69) is 9.88 Å². The van der Waals surface area contributed by atoms with Crippen molar-refractivity contribution in [3.8, 4) is 27.8 Å². The lowest BCUT2D eigenvalue weighted by Gasteiger charge is -2.34. The maximum Gasteiger partial charge on any atom is 0.265 e. The predicted octanol–water partition coefficient (Wildman–Crippen LogP) is 3.97. The highest BCUT2D eigenvalue weighted by molar-refractivity contribution is 7.17. The van der Waals surface area contributed by atoms with E-state index in [0.717, 1.165) is 41.6 Å². The Morgan fingerprint density at radius 2 is 1.73 bits per heavy atom. The Morgan fingerprint density at radius 3 is 2.42 bits per heavy atom. The maximum atomic E-state index is 13.2. The number of aromatic nitrogens is 1. The minimum absolute atomic E-state index is 0.0527. The lowest BCUT2D eigenvalue weighted by Crippen LogP contribution is -2.49. The van der Waals surface area contributed by atoms with Gasteiger partial charge >= 0.3 is 0 Å². The molecule has 174 valence electrons. The SMILES string of the molecule is COc1ccc(-c2nc(C)c(C(=O)N3CCN(CCOc4ccccc4)CC3)s2)cc1OC. The van der Waals surface area contributed by atoms with Crippen LogP contribution in [0, 0.1) is 6.92 Å². The number of methoxy groups -OCH3 is 2. The van der Waals surface area contributed by atoms with Crippen LogP contribution in [0.15, 0.2) is 48.5 Å². The summed E-state index contributed by atoms with van der Waals surface area (Å²) in [7, 11) is 3.22. The number of ether oxygens (including phenoxy) is 3. The molecule has 1 aromatic heterocycles. The van der Waals surface area contributed by atoms with E-state index in [1.54, 1.807) is 14.2 Å². The molecular formula is C25H29N3O4S. The van der Waals surface area contributed by atoms with Gasteiger partial charge in [-0.25, -0.2) is 4.98 Å². The fraction of sp³-hybridized carbons (Fsp3) is 0.360. The number of carbonyl (C=O) groups is 1. The molecule has 1 saturated heterocycles. The second-order valence-corrected chi connectivity index (χ2v) is 8.80. The first kappa shape index (κ1) is 23.1. The largest absolute Gasteiger partial charge is 0.493 e. The molecule has 0 radical (unpaired) electrons. The first-order chi connectivity index (χ1) is 16.1. The zero-order valence-electron chi connectivity index (χ0n) is 19.2. The number of aryl methyl sites for hydroxylation is 1. The van der Waals surface area contributed by atoms with E-state index in [0.29, 0.717) is 36.1 Å². The zero-order chi connectivity index (χ0) is 23.2. The Kier molecular flexibility index (Phi) is 7.47. The summed E-state index contributed by atoms with van der Waals surface area (Å²) in [5.74, 6) is 2.25. The van der Waals surface area contributed by atoms with Crippen LogP contribution in [0.4, 0.5) is 0 Å². The van der Waals surface area contributed by atoms with Crippen molar-refractivity contribution in [2.45, 2.75) is 6.92 Å². The van der Waals surface area contributed by atoms with Crippen molar-refractivity contribution in [3.63, 3.8) is 0 Å². The second-order valence-electron chi connectivity index (χ2n) is 7.80. The fourth-order valence-electron chi connectivity index (χ4n) is 3.82. The van der Waals surface area contributed by atoms with Crippen LogP contribution in [-0.2, 0) is 0 Å². The molecule has 2 heterocycles. The minimum Gasteiger partial charge on any atom is -0.493 e. The second kappa shape index (κ2) is 10.7. The highest BCUT2D eigenvalue weighted by atomic mass is 32.1.